The van der Waals surface area contributed by atoms with Crippen LogP contribution in [0.4, 0.5) is 24.5 Å². The molecule has 136 valence electrons. The Hall–Kier alpha value is -2.62. The largest absolute Gasteiger partial charge is 0.418 e. The smallest absolute Gasteiger partial charge is 0.383 e. The molecule has 0 aliphatic rings. The van der Waals surface area contributed by atoms with Gasteiger partial charge in [0.15, 0.2) is 0 Å². The molecule has 2 aromatic rings. The Morgan fingerprint density at radius 3 is 2.56 bits per heavy atom. The first-order valence-corrected chi connectivity index (χ1v) is 7.34. The molecule has 0 amide bonds. The van der Waals surface area contributed by atoms with E-state index in [0.29, 0.717) is 6.07 Å². The summed E-state index contributed by atoms with van der Waals surface area (Å²) in [5, 5.41) is 17.6. The summed E-state index contributed by atoms with van der Waals surface area (Å²) in [6.45, 7) is 0.180. The molecule has 1 unspecified atom stereocenters. The Morgan fingerprint density at radius 2 is 2.08 bits per heavy atom. The van der Waals surface area contributed by atoms with Crippen LogP contribution in [-0.4, -0.2) is 40.2 Å². The monoisotopic (exact) mass is 357 g/mol. The quantitative estimate of drug-likeness (QED) is 0.635. The van der Waals surface area contributed by atoms with E-state index in [1.807, 2.05) is 4.90 Å². The van der Waals surface area contributed by atoms with E-state index in [1.54, 1.807) is 38.2 Å². The predicted octanol–water partition coefficient (Wildman–Crippen LogP) is 3.06. The molecule has 1 aromatic carbocycles. The number of hydrogen-bond donors (Lipinski definition) is 1. The molecule has 0 bridgehead atoms. The molecule has 1 atom stereocenters. The first-order chi connectivity index (χ1) is 11.6. The Bertz CT molecular complexity index is 758. The van der Waals surface area contributed by atoms with E-state index < -0.39 is 22.4 Å². The van der Waals surface area contributed by atoms with Gasteiger partial charge in [0.25, 0.3) is 5.69 Å². The van der Waals surface area contributed by atoms with Gasteiger partial charge >= 0.3 is 6.18 Å². The molecule has 7 nitrogen and oxygen atoms in total. The number of nitro groups is 1. The summed E-state index contributed by atoms with van der Waals surface area (Å²) < 4.78 is 41.3. The second kappa shape index (κ2) is 7.09. The zero-order chi connectivity index (χ0) is 18.8. The van der Waals surface area contributed by atoms with Crippen LogP contribution in [0.25, 0.3) is 0 Å². The molecule has 10 heteroatoms. The van der Waals surface area contributed by atoms with E-state index in [2.05, 4.69) is 10.4 Å². The average molecular weight is 357 g/mol. The van der Waals surface area contributed by atoms with Crippen LogP contribution in [-0.2, 0) is 13.2 Å². The fraction of sp³-hybridized carbons (Fsp3) is 0.400. The van der Waals surface area contributed by atoms with E-state index in [0.717, 1.165) is 17.7 Å². The number of likely N-dealkylation sites (N-methyl/N-ethyl adjacent to an activating group) is 1. The normalized spacial score (nSPS) is 13.1. The molecule has 0 radical (unpaired) electrons. The molecule has 1 aromatic heterocycles. The fourth-order valence-corrected chi connectivity index (χ4v) is 2.45. The first-order valence-electron chi connectivity index (χ1n) is 7.34. The van der Waals surface area contributed by atoms with E-state index in [4.69, 9.17) is 0 Å². The van der Waals surface area contributed by atoms with Crippen molar-refractivity contribution in [1.29, 1.82) is 0 Å². The third-order valence-electron chi connectivity index (χ3n) is 3.74. The van der Waals surface area contributed by atoms with Gasteiger partial charge in [-0.2, -0.15) is 18.3 Å². The summed E-state index contributed by atoms with van der Waals surface area (Å²) in [5.74, 6) is 0. The summed E-state index contributed by atoms with van der Waals surface area (Å²) in [4.78, 5) is 11.7. The standard InChI is InChI=1S/C15H18F3N5O2/c1-21(2)14(10-7-20-22(3)9-10)8-19-13-5-4-11(23(24)25)6-12(13)15(16,17)18/h4-7,9,14,19H,8H2,1-3H3. The lowest BCUT2D eigenvalue weighted by Gasteiger charge is -2.25. The van der Waals surface area contributed by atoms with Crippen LogP contribution >= 0.6 is 0 Å². The number of alkyl halides is 3. The molecule has 0 fully saturated rings. The first kappa shape index (κ1) is 18.7. The van der Waals surface area contributed by atoms with Crippen LogP contribution in [0.15, 0.2) is 30.6 Å². The van der Waals surface area contributed by atoms with Crippen molar-refractivity contribution in [2.45, 2.75) is 12.2 Å². The molecule has 0 aliphatic heterocycles. The highest BCUT2D eigenvalue weighted by atomic mass is 19.4. The maximum Gasteiger partial charge on any atom is 0.418 e. The Morgan fingerprint density at radius 1 is 1.40 bits per heavy atom. The summed E-state index contributed by atoms with van der Waals surface area (Å²) in [5.41, 5.74) is -1.02. The van der Waals surface area contributed by atoms with Crippen molar-refractivity contribution in [1.82, 2.24) is 14.7 Å². The average Bonchev–Trinajstić information content (AvgIpc) is 2.92. The topological polar surface area (TPSA) is 76.2 Å². The lowest BCUT2D eigenvalue weighted by atomic mass is 10.1. The highest BCUT2D eigenvalue weighted by Crippen LogP contribution is 2.37. The Kier molecular flexibility index (Phi) is 5.31. The van der Waals surface area contributed by atoms with Crippen LogP contribution < -0.4 is 5.32 Å². The van der Waals surface area contributed by atoms with Gasteiger partial charge in [0, 0.05) is 43.2 Å². The lowest BCUT2D eigenvalue weighted by molar-refractivity contribution is -0.385. The van der Waals surface area contributed by atoms with Crippen LogP contribution in [0.2, 0.25) is 0 Å². The number of rotatable bonds is 6. The molecular weight excluding hydrogens is 339 g/mol. The number of halogens is 3. The van der Waals surface area contributed by atoms with Gasteiger partial charge in [-0.15, -0.1) is 0 Å². The molecule has 1 heterocycles. The summed E-state index contributed by atoms with van der Waals surface area (Å²) >= 11 is 0. The minimum Gasteiger partial charge on any atom is -0.383 e. The van der Waals surface area contributed by atoms with Gasteiger partial charge in [-0.3, -0.25) is 14.8 Å². The third-order valence-corrected chi connectivity index (χ3v) is 3.74. The number of aryl methyl sites for hydroxylation is 1. The van der Waals surface area contributed by atoms with E-state index >= 15 is 0 Å². The molecule has 0 aliphatic carbocycles. The molecule has 25 heavy (non-hydrogen) atoms. The van der Waals surface area contributed by atoms with Gasteiger partial charge in [0.1, 0.15) is 0 Å². The van der Waals surface area contributed by atoms with Gasteiger partial charge in [-0.05, 0) is 20.2 Å². The number of non-ortho nitro benzene ring substituents is 1. The van der Waals surface area contributed by atoms with Gasteiger partial charge in [-0.25, -0.2) is 0 Å². The van der Waals surface area contributed by atoms with Crippen molar-refractivity contribution in [2.24, 2.45) is 7.05 Å². The fourth-order valence-electron chi connectivity index (χ4n) is 2.45. The molecule has 0 saturated heterocycles. The maximum atomic E-state index is 13.2. The highest BCUT2D eigenvalue weighted by molar-refractivity contribution is 5.57. The van der Waals surface area contributed by atoms with Crippen LogP contribution in [0, 0.1) is 10.1 Å². The van der Waals surface area contributed by atoms with E-state index in [-0.39, 0.29) is 18.3 Å². The maximum absolute atomic E-state index is 13.2. The number of benzene rings is 1. The van der Waals surface area contributed by atoms with Crippen molar-refractivity contribution in [3.05, 3.63) is 51.8 Å². The third kappa shape index (κ3) is 4.47. The molecular formula is C15H18F3N5O2. The Labute approximate surface area is 142 Å². The Balaban J connectivity index is 2.28. The number of nitro benzene ring substituents is 1. The van der Waals surface area contributed by atoms with Crippen LogP contribution in [0.5, 0.6) is 0 Å². The zero-order valence-electron chi connectivity index (χ0n) is 13.9. The van der Waals surface area contributed by atoms with Crippen LogP contribution in [0.3, 0.4) is 0 Å². The molecule has 2 rings (SSSR count). The van der Waals surface area contributed by atoms with Gasteiger partial charge < -0.3 is 10.2 Å². The van der Waals surface area contributed by atoms with Gasteiger partial charge in [-0.1, -0.05) is 0 Å². The summed E-state index contributed by atoms with van der Waals surface area (Å²) in [6, 6.07) is 2.45. The van der Waals surface area contributed by atoms with Crippen molar-refractivity contribution >= 4 is 11.4 Å². The number of anilines is 1. The number of nitrogens with one attached hydrogen (secondary N) is 1. The van der Waals surface area contributed by atoms with Gasteiger partial charge in [0.05, 0.1) is 22.7 Å². The van der Waals surface area contributed by atoms with Crippen molar-refractivity contribution in [3.8, 4) is 0 Å². The summed E-state index contributed by atoms with van der Waals surface area (Å²) in [6.07, 6.45) is -1.27. The highest BCUT2D eigenvalue weighted by Gasteiger charge is 2.35. The molecule has 1 N–H and O–H groups in total. The SMILES string of the molecule is CN(C)C(CNc1ccc([N+](=O)[O-])cc1C(F)(F)F)c1cnn(C)c1. The molecule has 0 spiro atoms. The van der Waals surface area contributed by atoms with Crippen LogP contribution in [0.1, 0.15) is 17.2 Å². The lowest BCUT2D eigenvalue weighted by Crippen LogP contribution is -2.27. The number of nitrogens with zero attached hydrogens (tertiary/aromatic N) is 4. The predicted molar refractivity (Wildman–Crippen MR) is 86.2 cm³/mol. The van der Waals surface area contributed by atoms with Crippen molar-refractivity contribution in [3.63, 3.8) is 0 Å². The number of hydrogen-bond acceptors (Lipinski definition) is 5. The zero-order valence-corrected chi connectivity index (χ0v) is 13.9. The van der Waals surface area contributed by atoms with E-state index in [1.165, 1.54) is 0 Å². The van der Waals surface area contributed by atoms with Crippen molar-refractivity contribution < 1.29 is 18.1 Å². The minimum atomic E-state index is -4.70. The molecule has 0 saturated carbocycles. The number of aromatic nitrogens is 2. The second-order valence-electron chi connectivity index (χ2n) is 5.79. The summed E-state index contributed by atoms with van der Waals surface area (Å²) in [7, 11) is 5.36. The van der Waals surface area contributed by atoms with E-state index in [9.17, 15) is 23.3 Å². The second-order valence-corrected chi connectivity index (χ2v) is 5.79. The van der Waals surface area contributed by atoms with Crippen molar-refractivity contribution in [2.75, 3.05) is 26.0 Å². The minimum absolute atomic E-state index is 0.180. The van der Waals surface area contributed by atoms with Gasteiger partial charge in [0.2, 0.25) is 0 Å².